The van der Waals surface area contributed by atoms with Crippen molar-refractivity contribution >= 4 is 34.7 Å². The Morgan fingerprint density at radius 3 is 2.86 bits per heavy atom. The van der Waals surface area contributed by atoms with Crippen LogP contribution in [0, 0.1) is 15.9 Å². The summed E-state index contributed by atoms with van der Waals surface area (Å²) in [5, 5.41) is 16.6. The van der Waals surface area contributed by atoms with Gasteiger partial charge in [0.1, 0.15) is 12.0 Å². The number of nitro groups is 1. The smallest absolute Gasteiger partial charge is 0.329 e. The van der Waals surface area contributed by atoms with E-state index in [2.05, 4.69) is 20.6 Å². The monoisotopic (exact) mass is 311 g/mol. The summed E-state index contributed by atoms with van der Waals surface area (Å²) >= 11 is 5.88. The zero-order chi connectivity index (χ0) is 15.4. The number of rotatable bonds is 5. The summed E-state index contributed by atoms with van der Waals surface area (Å²) in [6, 6.07) is 3.66. The van der Waals surface area contributed by atoms with E-state index in [4.69, 9.17) is 11.6 Å². The third-order valence-electron chi connectivity index (χ3n) is 2.49. The van der Waals surface area contributed by atoms with Crippen LogP contribution in [0.25, 0.3) is 0 Å². The molecule has 0 saturated carbocycles. The second kappa shape index (κ2) is 6.31. The van der Waals surface area contributed by atoms with Crippen LogP contribution in [-0.4, -0.2) is 21.4 Å². The Bertz CT molecular complexity index is 683. The normalized spacial score (nSPS) is 10.2. The summed E-state index contributed by atoms with van der Waals surface area (Å²) in [5.74, 6) is -0.292. The van der Waals surface area contributed by atoms with Gasteiger partial charge in [-0.25, -0.2) is 9.37 Å². The molecule has 0 saturated heterocycles. The van der Waals surface area contributed by atoms with Crippen LogP contribution in [0.15, 0.2) is 24.4 Å². The molecule has 0 unspecified atom stereocenters. The Balaban J connectivity index is 2.40. The summed E-state index contributed by atoms with van der Waals surface area (Å²) in [6.45, 7) is 2.41. The van der Waals surface area contributed by atoms with Crippen LogP contribution in [0.1, 0.15) is 6.92 Å². The molecule has 2 aromatic rings. The van der Waals surface area contributed by atoms with Crippen molar-refractivity contribution in [3.63, 3.8) is 0 Å². The molecule has 0 aliphatic rings. The van der Waals surface area contributed by atoms with Gasteiger partial charge in [-0.1, -0.05) is 11.6 Å². The summed E-state index contributed by atoms with van der Waals surface area (Å²) in [4.78, 5) is 18.2. The Kier molecular flexibility index (Phi) is 4.49. The highest BCUT2D eigenvalue weighted by atomic mass is 35.5. The minimum atomic E-state index is -0.616. The van der Waals surface area contributed by atoms with Crippen molar-refractivity contribution < 1.29 is 9.31 Å². The Labute approximate surface area is 124 Å². The first-order chi connectivity index (χ1) is 10.0. The van der Waals surface area contributed by atoms with Crippen LogP contribution < -0.4 is 10.6 Å². The first kappa shape index (κ1) is 14.9. The third-order valence-corrected chi connectivity index (χ3v) is 2.80. The molecule has 0 amide bonds. The largest absolute Gasteiger partial charge is 0.354 e. The van der Waals surface area contributed by atoms with Gasteiger partial charge in [0.25, 0.3) is 0 Å². The zero-order valence-electron chi connectivity index (χ0n) is 10.9. The molecular weight excluding hydrogens is 301 g/mol. The second-order valence-corrected chi connectivity index (χ2v) is 4.37. The zero-order valence-corrected chi connectivity index (χ0v) is 11.7. The highest BCUT2D eigenvalue weighted by Gasteiger charge is 2.18. The topological polar surface area (TPSA) is 93.0 Å². The molecule has 0 fully saturated rings. The molecule has 0 aliphatic carbocycles. The van der Waals surface area contributed by atoms with Crippen molar-refractivity contribution in [2.24, 2.45) is 0 Å². The maximum atomic E-state index is 13.0. The molecule has 9 heteroatoms. The molecular formula is C12H11ClFN5O2. The lowest BCUT2D eigenvalue weighted by Crippen LogP contribution is -2.06. The van der Waals surface area contributed by atoms with Crippen molar-refractivity contribution in [2.75, 3.05) is 17.2 Å². The van der Waals surface area contributed by atoms with Gasteiger partial charge in [0.2, 0.25) is 11.8 Å². The maximum absolute atomic E-state index is 13.0. The predicted molar refractivity (Wildman–Crippen MR) is 77.5 cm³/mol. The van der Waals surface area contributed by atoms with Gasteiger partial charge in [-0.2, -0.15) is 4.98 Å². The van der Waals surface area contributed by atoms with E-state index in [9.17, 15) is 14.5 Å². The number of nitrogens with one attached hydrogen (secondary N) is 2. The van der Waals surface area contributed by atoms with Crippen molar-refractivity contribution in [1.29, 1.82) is 0 Å². The standard InChI is InChI=1S/C12H11ClFN5O2/c1-2-15-12-16-6-10(19(20)21)11(18-12)17-9-4-3-7(14)5-8(9)13/h3-6H,2H2,1H3,(H2,15,16,17,18). The van der Waals surface area contributed by atoms with Crippen molar-refractivity contribution in [2.45, 2.75) is 6.92 Å². The van der Waals surface area contributed by atoms with Crippen molar-refractivity contribution in [1.82, 2.24) is 9.97 Å². The van der Waals surface area contributed by atoms with Crippen LogP contribution in [0.2, 0.25) is 5.02 Å². The van der Waals surface area contributed by atoms with Gasteiger partial charge >= 0.3 is 5.69 Å². The molecule has 2 rings (SSSR count). The highest BCUT2D eigenvalue weighted by molar-refractivity contribution is 6.33. The molecule has 2 N–H and O–H groups in total. The van der Waals surface area contributed by atoms with Crippen molar-refractivity contribution in [3.8, 4) is 0 Å². The molecule has 110 valence electrons. The van der Waals surface area contributed by atoms with Gasteiger partial charge in [-0.3, -0.25) is 10.1 Å². The lowest BCUT2D eigenvalue weighted by Gasteiger charge is -2.09. The first-order valence-electron chi connectivity index (χ1n) is 5.98. The second-order valence-electron chi connectivity index (χ2n) is 3.96. The number of hydrogen-bond donors (Lipinski definition) is 2. The van der Waals surface area contributed by atoms with Crippen molar-refractivity contribution in [3.05, 3.63) is 45.4 Å². The molecule has 1 aromatic heterocycles. The fraction of sp³-hybridized carbons (Fsp3) is 0.167. The van der Waals surface area contributed by atoms with Gasteiger partial charge in [0, 0.05) is 6.54 Å². The Morgan fingerprint density at radius 2 is 2.24 bits per heavy atom. The summed E-state index contributed by atoms with van der Waals surface area (Å²) in [5.41, 5.74) is -0.000593. The molecule has 7 nitrogen and oxygen atoms in total. The van der Waals surface area contributed by atoms with E-state index in [1.165, 1.54) is 12.1 Å². The van der Waals surface area contributed by atoms with Crippen LogP contribution >= 0.6 is 11.6 Å². The fourth-order valence-electron chi connectivity index (χ4n) is 1.56. The number of nitrogens with zero attached hydrogens (tertiary/aromatic N) is 3. The molecule has 1 heterocycles. The number of halogens is 2. The molecule has 0 atom stereocenters. The van der Waals surface area contributed by atoms with E-state index in [-0.39, 0.29) is 22.5 Å². The number of benzene rings is 1. The first-order valence-corrected chi connectivity index (χ1v) is 6.36. The Hall–Kier alpha value is -2.48. The average Bonchev–Trinajstić information content (AvgIpc) is 2.42. The van der Waals surface area contributed by atoms with E-state index < -0.39 is 10.7 Å². The molecule has 0 aliphatic heterocycles. The van der Waals surface area contributed by atoms with Gasteiger partial charge in [-0.15, -0.1) is 0 Å². The predicted octanol–water partition coefficient (Wildman–Crippen LogP) is 3.35. The van der Waals surface area contributed by atoms with Crippen LogP contribution in [-0.2, 0) is 0 Å². The van der Waals surface area contributed by atoms with Gasteiger partial charge in [-0.05, 0) is 25.1 Å². The SMILES string of the molecule is CCNc1ncc([N+](=O)[O-])c(Nc2ccc(F)cc2Cl)n1. The minimum absolute atomic E-state index is 0.0283. The number of hydrogen-bond acceptors (Lipinski definition) is 6. The minimum Gasteiger partial charge on any atom is -0.354 e. The molecule has 0 radical (unpaired) electrons. The summed E-state index contributed by atoms with van der Waals surface area (Å²) < 4.78 is 13.0. The van der Waals surface area contributed by atoms with Gasteiger partial charge in [0.15, 0.2) is 0 Å². The van der Waals surface area contributed by atoms with Gasteiger partial charge in [0.05, 0.1) is 15.6 Å². The summed E-state index contributed by atoms with van der Waals surface area (Å²) in [7, 11) is 0. The quantitative estimate of drug-likeness (QED) is 0.649. The van der Waals surface area contributed by atoms with E-state index in [1.807, 2.05) is 6.92 Å². The third kappa shape index (κ3) is 3.54. The van der Waals surface area contributed by atoms with E-state index in [0.29, 0.717) is 12.2 Å². The van der Waals surface area contributed by atoms with E-state index >= 15 is 0 Å². The van der Waals surface area contributed by atoms with Gasteiger partial charge < -0.3 is 10.6 Å². The number of aromatic nitrogens is 2. The summed E-state index contributed by atoms with van der Waals surface area (Å²) in [6.07, 6.45) is 1.09. The fourth-order valence-corrected chi connectivity index (χ4v) is 1.78. The van der Waals surface area contributed by atoms with Crippen LogP contribution in [0.4, 0.5) is 27.5 Å². The molecule has 21 heavy (non-hydrogen) atoms. The molecule has 0 spiro atoms. The highest BCUT2D eigenvalue weighted by Crippen LogP contribution is 2.30. The van der Waals surface area contributed by atoms with E-state index in [0.717, 1.165) is 12.3 Å². The number of anilines is 3. The van der Waals surface area contributed by atoms with Crippen LogP contribution in [0.3, 0.4) is 0 Å². The average molecular weight is 312 g/mol. The maximum Gasteiger partial charge on any atom is 0.329 e. The lowest BCUT2D eigenvalue weighted by atomic mass is 10.3. The Morgan fingerprint density at radius 1 is 1.48 bits per heavy atom. The molecule has 1 aromatic carbocycles. The van der Waals surface area contributed by atoms with E-state index in [1.54, 1.807) is 0 Å². The molecule has 0 bridgehead atoms. The lowest BCUT2D eigenvalue weighted by molar-refractivity contribution is -0.384. The van der Waals surface area contributed by atoms with Crippen LogP contribution in [0.5, 0.6) is 0 Å².